The molecule has 1 aromatic heterocycles. The summed E-state index contributed by atoms with van der Waals surface area (Å²) in [7, 11) is 0. The molecule has 2 rings (SSSR count). The Balaban J connectivity index is 2.02. The van der Waals surface area contributed by atoms with Crippen molar-refractivity contribution in [1.82, 2.24) is 4.98 Å². The highest BCUT2D eigenvalue weighted by Gasteiger charge is 2.20. The number of unbranched alkanes of at least 4 members (excludes halogenated alkanes) is 6. The van der Waals surface area contributed by atoms with E-state index < -0.39 is 11.8 Å². The van der Waals surface area contributed by atoms with Crippen LogP contribution in [0, 0.1) is 12.7 Å². The molecule has 0 fully saturated rings. The topological polar surface area (TPSA) is 42.1 Å². The molecule has 0 aliphatic heterocycles. The molecule has 1 aromatic carbocycles. The molecule has 2 aromatic rings. The quantitative estimate of drug-likeness (QED) is 0.356. The summed E-state index contributed by atoms with van der Waals surface area (Å²) in [5.41, 5.74) is 3.36. The maximum atomic E-state index is 14.7. The minimum atomic E-state index is -0.655. The van der Waals surface area contributed by atoms with E-state index in [1.165, 1.54) is 44.1 Å². The van der Waals surface area contributed by atoms with Crippen molar-refractivity contribution in [3.8, 4) is 11.1 Å². The molecule has 0 spiro atoms. The number of H-pyrrole nitrogens is 1. The van der Waals surface area contributed by atoms with Gasteiger partial charge in [0.15, 0.2) is 11.5 Å². The first-order valence-corrected chi connectivity index (χ1v) is 10.2. The number of ether oxygens (including phenoxy) is 1. The van der Waals surface area contributed by atoms with Gasteiger partial charge in [0.25, 0.3) is 0 Å². The molecule has 0 bridgehead atoms. The fourth-order valence-electron chi connectivity index (χ4n) is 3.35. The number of hydrogen-bond acceptors (Lipinski definition) is 2. The molecule has 3 nitrogen and oxygen atoms in total. The van der Waals surface area contributed by atoms with Gasteiger partial charge in [0.05, 0.1) is 6.61 Å². The van der Waals surface area contributed by atoms with E-state index in [-0.39, 0.29) is 12.3 Å². The zero-order valence-corrected chi connectivity index (χ0v) is 16.9. The fourth-order valence-corrected chi connectivity index (χ4v) is 3.35. The van der Waals surface area contributed by atoms with E-state index in [0.717, 1.165) is 24.0 Å². The van der Waals surface area contributed by atoms with E-state index in [0.29, 0.717) is 5.56 Å². The van der Waals surface area contributed by atoms with E-state index in [2.05, 4.69) is 18.0 Å². The molecular formula is C23H32FNO2. The molecule has 0 amide bonds. The van der Waals surface area contributed by atoms with Crippen LogP contribution in [0.15, 0.2) is 24.4 Å². The maximum absolute atomic E-state index is 14.7. The highest BCUT2D eigenvalue weighted by Crippen LogP contribution is 2.29. The van der Waals surface area contributed by atoms with Crippen LogP contribution in [0.25, 0.3) is 11.1 Å². The lowest BCUT2D eigenvalue weighted by Crippen LogP contribution is -2.07. The first kappa shape index (κ1) is 21.2. The van der Waals surface area contributed by atoms with Crippen LogP contribution in [0.1, 0.15) is 80.4 Å². The summed E-state index contributed by atoms with van der Waals surface area (Å²) in [4.78, 5) is 14.6. The minimum Gasteiger partial charge on any atom is -0.461 e. The minimum absolute atomic E-state index is 0.108. The summed E-state index contributed by atoms with van der Waals surface area (Å²) in [6.45, 7) is 6.12. The van der Waals surface area contributed by atoms with Gasteiger partial charge in [-0.1, -0.05) is 63.6 Å². The zero-order valence-electron chi connectivity index (χ0n) is 16.9. The van der Waals surface area contributed by atoms with Crippen molar-refractivity contribution in [1.29, 1.82) is 0 Å². The number of aryl methyl sites for hydroxylation is 2. The van der Waals surface area contributed by atoms with Gasteiger partial charge in [-0.3, -0.25) is 0 Å². The SMILES string of the molecule is CCCCCCCCCc1ccc(C)c(-c2c[nH]c(C(=O)OCC)c2F)c1. The van der Waals surface area contributed by atoms with Crippen molar-refractivity contribution in [2.24, 2.45) is 0 Å². The third-order valence-corrected chi connectivity index (χ3v) is 4.96. The molecule has 0 aliphatic rings. The Morgan fingerprint density at radius 2 is 1.74 bits per heavy atom. The van der Waals surface area contributed by atoms with Gasteiger partial charge in [-0.05, 0) is 43.4 Å². The van der Waals surface area contributed by atoms with E-state index in [4.69, 9.17) is 4.74 Å². The molecule has 1 N–H and O–H groups in total. The molecule has 0 aliphatic carbocycles. The molecule has 148 valence electrons. The number of aromatic nitrogens is 1. The largest absolute Gasteiger partial charge is 0.461 e. The monoisotopic (exact) mass is 373 g/mol. The van der Waals surface area contributed by atoms with Crippen LogP contribution in [0.5, 0.6) is 0 Å². The van der Waals surface area contributed by atoms with Gasteiger partial charge in [0.1, 0.15) is 0 Å². The molecule has 0 unspecified atom stereocenters. The molecular weight excluding hydrogens is 341 g/mol. The Bertz CT molecular complexity index is 736. The Morgan fingerprint density at radius 3 is 2.44 bits per heavy atom. The van der Waals surface area contributed by atoms with E-state index in [1.807, 2.05) is 19.1 Å². The summed E-state index contributed by atoms with van der Waals surface area (Å²) in [6, 6.07) is 6.20. The van der Waals surface area contributed by atoms with Crippen molar-refractivity contribution in [3.63, 3.8) is 0 Å². The smallest absolute Gasteiger partial charge is 0.357 e. The number of carbonyl (C=O) groups excluding carboxylic acids is 1. The third-order valence-electron chi connectivity index (χ3n) is 4.96. The summed E-state index contributed by atoms with van der Waals surface area (Å²) in [5, 5.41) is 0. The van der Waals surface area contributed by atoms with Crippen molar-refractivity contribution in [3.05, 3.63) is 47.0 Å². The van der Waals surface area contributed by atoms with Gasteiger partial charge in [-0.2, -0.15) is 0 Å². The van der Waals surface area contributed by atoms with Crippen molar-refractivity contribution in [2.75, 3.05) is 6.61 Å². The lowest BCUT2D eigenvalue weighted by molar-refractivity contribution is 0.0515. The second-order valence-corrected chi connectivity index (χ2v) is 7.13. The normalized spacial score (nSPS) is 11.0. The standard InChI is InChI=1S/C23H32FNO2/c1-4-6-7-8-9-10-11-12-18-14-13-17(3)19(15-18)20-16-25-22(21(20)24)23(26)27-5-2/h13-16,25H,4-12H2,1-3H3. The van der Waals surface area contributed by atoms with Crippen LogP contribution < -0.4 is 0 Å². The predicted octanol–water partition coefficient (Wildman–Crippen LogP) is 6.60. The van der Waals surface area contributed by atoms with Crippen LogP contribution >= 0.6 is 0 Å². The van der Waals surface area contributed by atoms with Gasteiger partial charge in [0, 0.05) is 11.8 Å². The number of hydrogen-bond donors (Lipinski definition) is 1. The second kappa shape index (κ2) is 10.9. The van der Waals surface area contributed by atoms with Gasteiger partial charge in [0.2, 0.25) is 0 Å². The molecule has 0 saturated carbocycles. The third kappa shape index (κ3) is 5.95. The Hall–Kier alpha value is -2.10. The van der Waals surface area contributed by atoms with E-state index in [1.54, 1.807) is 13.1 Å². The van der Waals surface area contributed by atoms with Crippen LogP contribution in [-0.4, -0.2) is 17.6 Å². The van der Waals surface area contributed by atoms with Gasteiger partial charge >= 0.3 is 5.97 Å². The fraction of sp³-hybridized carbons (Fsp3) is 0.522. The number of rotatable bonds is 11. The lowest BCUT2D eigenvalue weighted by Gasteiger charge is -2.09. The summed E-state index contributed by atoms with van der Waals surface area (Å²) in [5.74, 6) is -1.19. The predicted molar refractivity (Wildman–Crippen MR) is 109 cm³/mol. The average Bonchev–Trinajstić information content (AvgIpc) is 3.04. The van der Waals surface area contributed by atoms with E-state index in [9.17, 15) is 9.18 Å². The van der Waals surface area contributed by atoms with Crippen molar-refractivity contribution >= 4 is 5.97 Å². The van der Waals surface area contributed by atoms with Gasteiger partial charge in [-0.25, -0.2) is 9.18 Å². The summed E-state index contributed by atoms with van der Waals surface area (Å²) >= 11 is 0. The Morgan fingerprint density at radius 1 is 1.04 bits per heavy atom. The number of aromatic amines is 1. The molecule has 4 heteroatoms. The second-order valence-electron chi connectivity index (χ2n) is 7.13. The lowest BCUT2D eigenvalue weighted by atomic mass is 9.97. The van der Waals surface area contributed by atoms with Crippen LogP contribution in [0.2, 0.25) is 0 Å². The number of halogens is 1. The highest BCUT2D eigenvalue weighted by molar-refractivity contribution is 5.90. The Kier molecular flexibility index (Phi) is 8.56. The van der Waals surface area contributed by atoms with Crippen LogP contribution in [-0.2, 0) is 11.2 Å². The van der Waals surface area contributed by atoms with Crippen LogP contribution in [0.4, 0.5) is 4.39 Å². The number of esters is 1. The molecule has 0 radical (unpaired) electrons. The van der Waals surface area contributed by atoms with Crippen molar-refractivity contribution in [2.45, 2.75) is 72.1 Å². The molecule has 0 saturated heterocycles. The summed E-state index contributed by atoms with van der Waals surface area (Å²) < 4.78 is 19.6. The van der Waals surface area contributed by atoms with Crippen LogP contribution in [0.3, 0.4) is 0 Å². The maximum Gasteiger partial charge on any atom is 0.357 e. The number of benzene rings is 1. The number of nitrogens with one attached hydrogen (secondary N) is 1. The number of carbonyl (C=O) groups is 1. The van der Waals surface area contributed by atoms with Gasteiger partial charge in [-0.15, -0.1) is 0 Å². The zero-order chi connectivity index (χ0) is 19.6. The molecule has 0 atom stereocenters. The first-order chi connectivity index (χ1) is 13.1. The summed E-state index contributed by atoms with van der Waals surface area (Å²) in [6.07, 6.45) is 11.5. The Labute approximate surface area is 162 Å². The highest BCUT2D eigenvalue weighted by atomic mass is 19.1. The van der Waals surface area contributed by atoms with Gasteiger partial charge < -0.3 is 9.72 Å². The molecule has 27 heavy (non-hydrogen) atoms. The van der Waals surface area contributed by atoms with E-state index >= 15 is 0 Å². The average molecular weight is 374 g/mol. The van der Waals surface area contributed by atoms with Crippen molar-refractivity contribution < 1.29 is 13.9 Å². The molecule has 1 heterocycles. The first-order valence-electron chi connectivity index (χ1n) is 10.2.